The Morgan fingerprint density at radius 1 is 1.55 bits per heavy atom. The highest BCUT2D eigenvalue weighted by Crippen LogP contribution is 1.93. The molecule has 0 aliphatic carbocycles. The van der Waals surface area contributed by atoms with Gasteiger partial charge in [-0.3, -0.25) is 4.90 Å². The molecule has 0 saturated heterocycles. The minimum Gasteiger partial charge on any atom is -0.383 e. The van der Waals surface area contributed by atoms with Crippen molar-refractivity contribution in [3.05, 3.63) is 0 Å². The average Bonchev–Trinajstić information content (AvgIpc) is 2.00. The minimum absolute atomic E-state index is 0.512. The van der Waals surface area contributed by atoms with Gasteiger partial charge in [0, 0.05) is 20.3 Å². The van der Waals surface area contributed by atoms with Crippen LogP contribution in [0.25, 0.3) is 0 Å². The molecular formula is C7H17NO3. The quantitative estimate of drug-likeness (QED) is 0.554. The Morgan fingerprint density at radius 2 is 2.18 bits per heavy atom. The number of ether oxygens (including phenoxy) is 2. The summed E-state index contributed by atoms with van der Waals surface area (Å²) in [5.74, 6) is 0. The summed E-state index contributed by atoms with van der Waals surface area (Å²) in [4.78, 5) is 1.67. The summed E-state index contributed by atoms with van der Waals surface area (Å²) in [5, 5.41) is 9.19. The van der Waals surface area contributed by atoms with E-state index in [0.29, 0.717) is 19.8 Å². The van der Waals surface area contributed by atoms with Crippen LogP contribution in [0, 0.1) is 0 Å². The molecule has 4 nitrogen and oxygen atoms in total. The fraction of sp³-hybridized carbons (Fsp3) is 1.00. The van der Waals surface area contributed by atoms with Gasteiger partial charge in [0.25, 0.3) is 0 Å². The zero-order chi connectivity index (χ0) is 8.69. The maximum atomic E-state index is 9.19. The number of rotatable bonds is 6. The molecule has 1 unspecified atom stereocenters. The third-order valence-corrected chi connectivity index (χ3v) is 1.34. The van der Waals surface area contributed by atoms with Gasteiger partial charge in [0.05, 0.1) is 6.61 Å². The third-order valence-electron chi connectivity index (χ3n) is 1.34. The van der Waals surface area contributed by atoms with Crippen LogP contribution < -0.4 is 0 Å². The van der Waals surface area contributed by atoms with Gasteiger partial charge in [0.1, 0.15) is 0 Å². The predicted octanol–water partition coefficient (Wildman–Crippen LogP) is -0.123. The molecule has 0 amide bonds. The van der Waals surface area contributed by atoms with Gasteiger partial charge in [-0.05, 0) is 14.0 Å². The van der Waals surface area contributed by atoms with Gasteiger partial charge in [-0.25, -0.2) is 0 Å². The van der Waals surface area contributed by atoms with Crippen LogP contribution in [-0.4, -0.2) is 50.3 Å². The van der Waals surface area contributed by atoms with E-state index in [9.17, 15) is 5.11 Å². The lowest BCUT2D eigenvalue weighted by molar-refractivity contribution is -0.184. The van der Waals surface area contributed by atoms with Crippen molar-refractivity contribution in [1.29, 1.82) is 0 Å². The molecule has 0 aromatic carbocycles. The van der Waals surface area contributed by atoms with Gasteiger partial charge in [0.15, 0.2) is 0 Å². The van der Waals surface area contributed by atoms with Crippen molar-refractivity contribution in [2.75, 3.05) is 33.9 Å². The van der Waals surface area contributed by atoms with Crippen LogP contribution in [0.2, 0.25) is 0 Å². The molecule has 4 heteroatoms. The van der Waals surface area contributed by atoms with Crippen molar-refractivity contribution in [2.24, 2.45) is 0 Å². The van der Waals surface area contributed by atoms with Crippen molar-refractivity contribution in [1.82, 2.24) is 4.90 Å². The summed E-state index contributed by atoms with van der Waals surface area (Å²) in [5.41, 5.74) is 0. The number of likely N-dealkylation sites (N-methyl/N-ethyl adjacent to an activating group) is 1. The maximum Gasteiger partial charge on any atom is 0.215 e. The van der Waals surface area contributed by atoms with E-state index in [1.54, 1.807) is 19.1 Å². The highest BCUT2D eigenvalue weighted by Gasteiger charge is 2.08. The van der Waals surface area contributed by atoms with Crippen molar-refractivity contribution in [3.63, 3.8) is 0 Å². The average molecular weight is 163 g/mol. The molecular weight excluding hydrogens is 146 g/mol. The first kappa shape index (κ1) is 10.8. The summed E-state index contributed by atoms with van der Waals surface area (Å²) < 4.78 is 9.76. The van der Waals surface area contributed by atoms with Crippen LogP contribution in [0.3, 0.4) is 0 Å². The maximum absolute atomic E-state index is 9.19. The molecule has 11 heavy (non-hydrogen) atoms. The third kappa shape index (κ3) is 5.15. The Hall–Kier alpha value is -0.160. The van der Waals surface area contributed by atoms with E-state index in [4.69, 9.17) is 9.47 Å². The van der Waals surface area contributed by atoms with Gasteiger partial charge < -0.3 is 14.6 Å². The lowest BCUT2D eigenvalue weighted by Crippen LogP contribution is -2.36. The van der Waals surface area contributed by atoms with E-state index in [1.165, 1.54) is 0 Å². The first-order chi connectivity index (χ1) is 5.22. The SMILES string of the molecule is CCOC(O)N(C)CCOC. The molecule has 1 atom stereocenters. The van der Waals surface area contributed by atoms with E-state index in [1.807, 2.05) is 6.92 Å². The second-order valence-corrected chi connectivity index (χ2v) is 2.26. The second kappa shape index (κ2) is 6.54. The molecule has 0 heterocycles. The molecule has 0 aromatic heterocycles. The van der Waals surface area contributed by atoms with Gasteiger partial charge in [-0.1, -0.05) is 0 Å². The second-order valence-electron chi connectivity index (χ2n) is 2.26. The number of aliphatic hydroxyl groups is 1. The van der Waals surface area contributed by atoms with Crippen molar-refractivity contribution in [2.45, 2.75) is 13.3 Å². The van der Waals surface area contributed by atoms with Gasteiger partial charge >= 0.3 is 0 Å². The van der Waals surface area contributed by atoms with E-state index in [2.05, 4.69) is 0 Å². The summed E-state index contributed by atoms with van der Waals surface area (Å²) in [6.07, 6.45) is -0.810. The molecule has 0 aromatic rings. The lowest BCUT2D eigenvalue weighted by atomic mass is 10.6. The van der Waals surface area contributed by atoms with Crippen LogP contribution in [-0.2, 0) is 9.47 Å². The highest BCUT2D eigenvalue weighted by molar-refractivity contribution is 4.45. The Balaban J connectivity index is 3.38. The van der Waals surface area contributed by atoms with E-state index in [0.717, 1.165) is 0 Å². The summed E-state index contributed by atoms with van der Waals surface area (Å²) >= 11 is 0. The summed E-state index contributed by atoms with van der Waals surface area (Å²) in [6, 6.07) is 0. The highest BCUT2D eigenvalue weighted by atomic mass is 16.6. The molecule has 68 valence electrons. The number of hydrogen-bond acceptors (Lipinski definition) is 4. The van der Waals surface area contributed by atoms with Crippen molar-refractivity contribution < 1.29 is 14.6 Å². The molecule has 0 radical (unpaired) electrons. The standard InChI is InChI=1S/C7H17NO3/c1-4-11-7(9)8(2)5-6-10-3/h7,9H,4-6H2,1-3H3. The zero-order valence-electron chi connectivity index (χ0n) is 7.41. The van der Waals surface area contributed by atoms with E-state index in [-0.39, 0.29) is 0 Å². The van der Waals surface area contributed by atoms with Gasteiger partial charge in [0.2, 0.25) is 6.41 Å². The number of aliphatic hydroxyl groups excluding tert-OH is 1. The molecule has 0 rings (SSSR count). The van der Waals surface area contributed by atoms with Crippen molar-refractivity contribution in [3.8, 4) is 0 Å². The Labute approximate surface area is 67.7 Å². The fourth-order valence-corrected chi connectivity index (χ4v) is 0.622. The number of methoxy groups -OCH3 is 1. The van der Waals surface area contributed by atoms with Crippen LogP contribution in [0.15, 0.2) is 0 Å². The number of hydrogen-bond donors (Lipinski definition) is 1. The van der Waals surface area contributed by atoms with Crippen LogP contribution in [0.1, 0.15) is 6.92 Å². The largest absolute Gasteiger partial charge is 0.383 e. The summed E-state index contributed by atoms with van der Waals surface area (Å²) in [6.45, 7) is 3.62. The van der Waals surface area contributed by atoms with Crippen LogP contribution in [0.4, 0.5) is 0 Å². The Kier molecular flexibility index (Phi) is 6.45. The summed E-state index contributed by atoms with van der Waals surface area (Å²) in [7, 11) is 3.40. The van der Waals surface area contributed by atoms with Crippen LogP contribution in [0.5, 0.6) is 0 Å². The van der Waals surface area contributed by atoms with E-state index < -0.39 is 6.41 Å². The zero-order valence-corrected chi connectivity index (χ0v) is 7.41. The van der Waals surface area contributed by atoms with Crippen molar-refractivity contribution >= 4 is 0 Å². The monoisotopic (exact) mass is 163 g/mol. The topological polar surface area (TPSA) is 41.9 Å². The fourth-order valence-electron chi connectivity index (χ4n) is 0.622. The Morgan fingerprint density at radius 3 is 2.64 bits per heavy atom. The predicted molar refractivity (Wildman–Crippen MR) is 42.1 cm³/mol. The molecule has 0 saturated carbocycles. The van der Waals surface area contributed by atoms with Crippen LogP contribution >= 0.6 is 0 Å². The lowest BCUT2D eigenvalue weighted by Gasteiger charge is -2.21. The smallest absolute Gasteiger partial charge is 0.215 e. The first-order valence-electron chi connectivity index (χ1n) is 3.71. The van der Waals surface area contributed by atoms with Gasteiger partial charge in [-0.2, -0.15) is 0 Å². The minimum atomic E-state index is -0.810. The molecule has 0 fully saturated rings. The Bertz CT molecular complexity index is 89.8. The van der Waals surface area contributed by atoms with Gasteiger partial charge in [-0.15, -0.1) is 0 Å². The normalized spacial score (nSPS) is 13.9. The first-order valence-corrected chi connectivity index (χ1v) is 3.71. The molecule has 0 aliphatic heterocycles. The molecule has 0 aliphatic rings. The molecule has 0 bridgehead atoms. The van der Waals surface area contributed by atoms with E-state index >= 15 is 0 Å². The molecule has 0 spiro atoms. The number of nitrogens with zero attached hydrogens (tertiary/aromatic N) is 1. The molecule has 1 N–H and O–H groups in total.